The average molecular weight is 474 g/mol. The number of nitrogens with one attached hydrogen (secondary N) is 1. The van der Waals surface area contributed by atoms with Gasteiger partial charge in [-0.15, -0.1) is 0 Å². The van der Waals surface area contributed by atoms with Crippen molar-refractivity contribution in [1.82, 2.24) is 0 Å². The molecular formula is C23H20F2N2O7. The summed E-state index contributed by atoms with van der Waals surface area (Å²) in [4.78, 5) is 23.2. The second-order valence-corrected chi connectivity index (χ2v) is 6.64. The van der Waals surface area contributed by atoms with E-state index in [9.17, 15) is 23.7 Å². The molecule has 1 N–H and O–H groups in total. The number of carbonyl (C=O) groups excluding carboxylic acids is 1. The molecule has 9 nitrogen and oxygen atoms in total. The third kappa shape index (κ3) is 6.09. The third-order valence-corrected chi connectivity index (χ3v) is 4.42. The summed E-state index contributed by atoms with van der Waals surface area (Å²) in [5, 5.41) is 13.9. The Bertz CT molecular complexity index is 1150. The highest BCUT2D eigenvalue weighted by molar-refractivity contribution is 6.07. The monoisotopic (exact) mass is 474 g/mol. The molecule has 3 rings (SSSR count). The molecular weight excluding hydrogens is 454 g/mol. The molecule has 0 heterocycles. The molecule has 0 bridgehead atoms. The van der Waals surface area contributed by atoms with E-state index in [2.05, 4.69) is 10.1 Å². The number of nitro groups is 1. The lowest BCUT2D eigenvalue weighted by atomic mass is 10.1. The number of nitro benzene ring substituents is 1. The first kappa shape index (κ1) is 24.2. The number of halogens is 2. The van der Waals surface area contributed by atoms with E-state index in [0.717, 1.165) is 13.2 Å². The number of methoxy groups -OCH3 is 1. The molecule has 178 valence electrons. The summed E-state index contributed by atoms with van der Waals surface area (Å²) in [7, 11) is 1.16. The average Bonchev–Trinajstić information content (AvgIpc) is 2.81. The molecule has 0 saturated carbocycles. The van der Waals surface area contributed by atoms with Gasteiger partial charge in [-0.2, -0.15) is 8.78 Å². The van der Waals surface area contributed by atoms with Crippen molar-refractivity contribution in [2.45, 2.75) is 13.5 Å². The molecule has 0 aliphatic heterocycles. The van der Waals surface area contributed by atoms with Crippen LogP contribution in [0.1, 0.15) is 17.3 Å². The molecule has 0 aliphatic carbocycles. The normalized spacial score (nSPS) is 10.5. The predicted octanol–water partition coefficient (Wildman–Crippen LogP) is 5.65. The first-order valence-electron chi connectivity index (χ1n) is 9.94. The number of carbonyl (C=O) groups is 1. The zero-order valence-corrected chi connectivity index (χ0v) is 18.1. The van der Waals surface area contributed by atoms with Crippen LogP contribution in [0.25, 0.3) is 0 Å². The maximum absolute atomic E-state index is 12.7. The predicted molar refractivity (Wildman–Crippen MR) is 118 cm³/mol. The summed E-state index contributed by atoms with van der Waals surface area (Å²) in [6, 6.07) is 15.0. The Morgan fingerprint density at radius 3 is 2.12 bits per heavy atom. The minimum atomic E-state index is -3.23. The number of nitrogens with zero attached hydrogens (tertiary/aromatic N) is 1. The Morgan fingerprint density at radius 1 is 1.00 bits per heavy atom. The lowest BCUT2D eigenvalue weighted by Gasteiger charge is -2.12. The van der Waals surface area contributed by atoms with Crippen molar-refractivity contribution >= 4 is 17.3 Å². The van der Waals surface area contributed by atoms with Gasteiger partial charge >= 0.3 is 6.61 Å². The number of alkyl halides is 2. The van der Waals surface area contributed by atoms with Crippen molar-refractivity contribution in [1.29, 1.82) is 0 Å². The SMILES string of the molecule is CCOc1ccc(Oc2ccc(NC(=O)c3cc(OC)c(OC(F)F)cc3[N+](=O)[O-])cc2)cc1. The first-order chi connectivity index (χ1) is 16.3. The van der Waals surface area contributed by atoms with E-state index >= 15 is 0 Å². The molecule has 0 radical (unpaired) electrons. The quantitative estimate of drug-likeness (QED) is 0.299. The molecule has 0 aromatic heterocycles. The topological polar surface area (TPSA) is 109 Å². The summed E-state index contributed by atoms with van der Waals surface area (Å²) < 4.78 is 45.5. The van der Waals surface area contributed by atoms with E-state index in [4.69, 9.17) is 14.2 Å². The zero-order chi connectivity index (χ0) is 24.7. The van der Waals surface area contributed by atoms with Gasteiger partial charge in [-0.25, -0.2) is 0 Å². The van der Waals surface area contributed by atoms with Crippen LogP contribution in [0.2, 0.25) is 0 Å². The Kier molecular flexibility index (Phi) is 7.80. The van der Waals surface area contributed by atoms with Crippen LogP contribution in [0.5, 0.6) is 28.7 Å². The molecule has 1 amide bonds. The number of rotatable bonds is 10. The molecule has 3 aromatic rings. The van der Waals surface area contributed by atoms with Crippen molar-refractivity contribution < 1.29 is 37.4 Å². The van der Waals surface area contributed by atoms with Crippen molar-refractivity contribution in [3.8, 4) is 28.7 Å². The maximum atomic E-state index is 12.7. The van der Waals surface area contributed by atoms with Gasteiger partial charge in [0.25, 0.3) is 11.6 Å². The minimum Gasteiger partial charge on any atom is -0.494 e. The van der Waals surface area contributed by atoms with E-state index in [1.165, 1.54) is 0 Å². The molecule has 0 atom stereocenters. The number of anilines is 1. The number of hydrogen-bond donors (Lipinski definition) is 1. The van der Waals surface area contributed by atoms with Gasteiger partial charge in [-0.3, -0.25) is 14.9 Å². The number of amides is 1. The molecule has 0 spiro atoms. The molecule has 34 heavy (non-hydrogen) atoms. The van der Waals surface area contributed by atoms with Crippen molar-refractivity contribution in [2.75, 3.05) is 19.0 Å². The van der Waals surface area contributed by atoms with Crippen LogP contribution in [0, 0.1) is 10.1 Å². The van der Waals surface area contributed by atoms with Crippen molar-refractivity contribution in [2.24, 2.45) is 0 Å². The van der Waals surface area contributed by atoms with Gasteiger partial charge in [0.05, 0.1) is 24.7 Å². The van der Waals surface area contributed by atoms with Gasteiger partial charge in [0, 0.05) is 11.8 Å². The highest BCUT2D eigenvalue weighted by Gasteiger charge is 2.26. The van der Waals surface area contributed by atoms with Gasteiger partial charge < -0.3 is 24.3 Å². The standard InChI is InChI=1S/C23H20F2N2O7/c1-3-32-15-8-10-17(11-9-15)33-16-6-4-14(5-7-16)26-22(28)18-12-20(31-2)21(34-23(24)25)13-19(18)27(29)30/h4-13,23H,3H2,1-2H3,(H,26,28). The van der Waals surface area contributed by atoms with Crippen molar-refractivity contribution in [3.63, 3.8) is 0 Å². The van der Waals surface area contributed by atoms with Gasteiger partial charge in [0.1, 0.15) is 22.8 Å². The molecule has 0 unspecified atom stereocenters. The van der Waals surface area contributed by atoms with E-state index in [0.29, 0.717) is 35.6 Å². The van der Waals surface area contributed by atoms with Gasteiger partial charge in [0.2, 0.25) is 0 Å². The first-order valence-corrected chi connectivity index (χ1v) is 9.94. The minimum absolute atomic E-state index is 0.254. The van der Waals surface area contributed by atoms with Crippen LogP contribution in [-0.2, 0) is 0 Å². The van der Waals surface area contributed by atoms with Gasteiger partial charge in [-0.05, 0) is 55.5 Å². The molecule has 0 aliphatic rings. The highest BCUT2D eigenvalue weighted by atomic mass is 19.3. The fourth-order valence-corrected chi connectivity index (χ4v) is 2.94. The maximum Gasteiger partial charge on any atom is 0.387 e. The number of ether oxygens (including phenoxy) is 4. The summed E-state index contributed by atoms with van der Waals surface area (Å²) in [5.74, 6) is 0.130. The Hall–Kier alpha value is -4.41. The summed E-state index contributed by atoms with van der Waals surface area (Å²) >= 11 is 0. The fourth-order valence-electron chi connectivity index (χ4n) is 2.94. The largest absolute Gasteiger partial charge is 0.494 e. The summed E-state index contributed by atoms with van der Waals surface area (Å²) in [6.45, 7) is -0.788. The van der Waals surface area contributed by atoms with Crippen LogP contribution in [0.4, 0.5) is 20.2 Å². The van der Waals surface area contributed by atoms with E-state index in [-0.39, 0.29) is 5.75 Å². The molecule has 0 fully saturated rings. The van der Waals surface area contributed by atoms with Crippen LogP contribution >= 0.6 is 0 Å². The third-order valence-electron chi connectivity index (χ3n) is 4.42. The van der Waals surface area contributed by atoms with Crippen LogP contribution in [-0.4, -0.2) is 31.2 Å². The smallest absolute Gasteiger partial charge is 0.387 e. The van der Waals surface area contributed by atoms with Gasteiger partial charge in [0.15, 0.2) is 11.5 Å². The summed E-state index contributed by atoms with van der Waals surface area (Å²) in [5.41, 5.74) is -0.784. The van der Waals surface area contributed by atoms with Crippen LogP contribution in [0.3, 0.4) is 0 Å². The van der Waals surface area contributed by atoms with Gasteiger partial charge in [-0.1, -0.05) is 0 Å². The van der Waals surface area contributed by atoms with Crippen LogP contribution in [0.15, 0.2) is 60.7 Å². The second-order valence-electron chi connectivity index (χ2n) is 6.64. The second kappa shape index (κ2) is 10.9. The van der Waals surface area contributed by atoms with E-state index in [1.54, 1.807) is 48.5 Å². The summed E-state index contributed by atoms with van der Waals surface area (Å²) in [6.07, 6.45) is 0. The lowest BCUT2D eigenvalue weighted by Crippen LogP contribution is -2.15. The fraction of sp³-hybridized carbons (Fsp3) is 0.174. The molecule has 11 heteroatoms. The van der Waals surface area contributed by atoms with Crippen LogP contribution < -0.4 is 24.3 Å². The lowest BCUT2D eigenvalue weighted by molar-refractivity contribution is -0.385. The molecule has 0 saturated heterocycles. The highest BCUT2D eigenvalue weighted by Crippen LogP contribution is 2.36. The number of benzene rings is 3. The zero-order valence-electron chi connectivity index (χ0n) is 18.1. The van der Waals surface area contributed by atoms with E-state index < -0.39 is 34.4 Å². The Balaban J connectivity index is 1.75. The van der Waals surface area contributed by atoms with Crippen molar-refractivity contribution in [3.05, 3.63) is 76.3 Å². The Morgan fingerprint density at radius 2 is 1.59 bits per heavy atom. The Labute approximate surface area is 193 Å². The number of hydrogen-bond acceptors (Lipinski definition) is 7. The van der Waals surface area contributed by atoms with E-state index in [1.807, 2.05) is 6.92 Å². The molecule has 3 aromatic carbocycles.